The topological polar surface area (TPSA) is 12.0 Å². The first-order chi connectivity index (χ1) is 8.61. The lowest BCUT2D eigenvalue weighted by molar-refractivity contribution is 0.552. The molecule has 0 fully saturated rings. The first-order valence-electron chi connectivity index (χ1n) is 6.67. The van der Waals surface area contributed by atoms with Gasteiger partial charge in [0.15, 0.2) is 0 Å². The zero-order valence-electron chi connectivity index (χ0n) is 11.5. The molecule has 1 heterocycles. The first kappa shape index (κ1) is 16.5. The number of thioether (sulfide) groups is 1. The molecule has 0 saturated heterocycles. The maximum Gasteiger partial charge on any atom is 0.0701 e. The van der Waals surface area contributed by atoms with Crippen LogP contribution in [0.1, 0.15) is 32.1 Å². The van der Waals surface area contributed by atoms with Gasteiger partial charge in [-0.2, -0.15) is 11.8 Å². The van der Waals surface area contributed by atoms with Crippen molar-refractivity contribution < 1.29 is 0 Å². The second-order valence-electron chi connectivity index (χ2n) is 4.99. The van der Waals surface area contributed by atoms with Crippen LogP contribution in [0.15, 0.2) is 15.9 Å². The molecular weight excluding hydrogens is 326 g/mol. The van der Waals surface area contributed by atoms with Crippen LogP contribution in [-0.2, 0) is 6.42 Å². The Morgan fingerprint density at radius 1 is 1.33 bits per heavy atom. The van der Waals surface area contributed by atoms with Crippen molar-refractivity contribution in [3.63, 3.8) is 0 Å². The Balaban J connectivity index is 2.39. The van der Waals surface area contributed by atoms with Crippen molar-refractivity contribution in [3.05, 3.63) is 20.8 Å². The summed E-state index contributed by atoms with van der Waals surface area (Å²) in [5, 5.41) is 3.67. The van der Waals surface area contributed by atoms with Crippen molar-refractivity contribution in [2.75, 3.05) is 18.1 Å². The Labute approximate surface area is 128 Å². The van der Waals surface area contributed by atoms with E-state index in [1.165, 1.54) is 26.6 Å². The van der Waals surface area contributed by atoms with Crippen LogP contribution in [-0.4, -0.2) is 24.1 Å². The van der Waals surface area contributed by atoms with E-state index >= 15 is 0 Å². The standard InChI is InChI=1S/C14H24BrNS2/c1-4-7-16-12(10-17-9-11(2)3)8-13-5-6-14(15)18-13/h5-6,11-12,16H,4,7-10H2,1-3H3. The summed E-state index contributed by atoms with van der Waals surface area (Å²) in [6.07, 6.45) is 2.36. The number of rotatable bonds is 9. The number of hydrogen-bond donors (Lipinski definition) is 1. The molecule has 1 aromatic heterocycles. The van der Waals surface area contributed by atoms with Gasteiger partial charge in [0, 0.05) is 16.7 Å². The Kier molecular flexibility index (Phi) is 8.64. The summed E-state index contributed by atoms with van der Waals surface area (Å²) in [5.74, 6) is 3.27. The van der Waals surface area contributed by atoms with Gasteiger partial charge < -0.3 is 5.32 Å². The highest BCUT2D eigenvalue weighted by molar-refractivity contribution is 9.11. The SMILES string of the molecule is CCCNC(CSCC(C)C)Cc1ccc(Br)s1. The summed E-state index contributed by atoms with van der Waals surface area (Å²) in [6.45, 7) is 7.93. The van der Waals surface area contributed by atoms with E-state index in [0.717, 1.165) is 18.9 Å². The zero-order chi connectivity index (χ0) is 13.4. The third-order valence-electron chi connectivity index (χ3n) is 2.53. The highest BCUT2D eigenvalue weighted by Gasteiger charge is 2.11. The van der Waals surface area contributed by atoms with Crippen molar-refractivity contribution in [2.24, 2.45) is 5.92 Å². The molecule has 0 aliphatic heterocycles. The highest BCUT2D eigenvalue weighted by Crippen LogP contribution is 2.24. The molecule has 0 aromatic carbocycles. The fourth-order valence-corrected chi connectivity index (χ4v) is 4.38. The molecule has 104 valence electrons. The van der Waals surface area contributed by atoms with Crippen molar-refractivity contribution in [1.29, 1.82) is 0 Å². The van der Waals surface area contributed by atoms with Crippen LogP contribution < -0.4 is 5.32 Å². The molecule has 1 N–H and O–H groups in total. The third-order valence-corrected chi connectivity index (χ3v) is 5.72. The fourth-order valence-electron chi connectivity index (χ4n) is 1.69. The summed E-state index contributed by atoms with van der Waals surface area (Å²) in [5.41, 5.74) is 0. The lowest BCUT2D eigenvalue weighted by Crippen LogP contribution is -2.34. The number of halogens is 1. The molecule has 1 unspecified atom stereocenters. The lowest BCUT2D eigenvalue weighted by atomic mass is 10.2. The second-order valence-corrected chi connectivity index (χ2v) is 8.61. The zero-order valence-corrected chi connectivity index (χ0v) is 14.8. The monoisotopic (exact) mass is 349 g/mol. The molecule has 1 aromatic rings. The summed E-state index contributed by atoms with van der Waals surface area (Å²) >= 11 is 7.47. The summed E-state index contributed by atoms with van der Waals surface area (Å²) < 4.78 is 1.24. The van der Waals surface area contributed by atoms with E-state index in [4.69, 9.17) is 0 Å². The van der Waals surface area contributed by atoms with Crippen LogP contribution >= 0.6 is 39.0 Å². The van der Waals surface area contributed by atoms with E-state index in [2.05, 4.69) is 65.9 Å². The molecule has 1 atom stereocenters. The molecule has 0 amide bonds. The van der Waals surface area contributed by atoms with Gasteiger partial charge in [0.05, 0.1) is 3.79 Å². The fraction of sp³-hybridized carbons (Fsp3) is 0.714. The molecule has 0 spiro atoms. The Hall–Kier alpha value is 0.490. The molecule has 4 heteroatoms. The van der Waals surface area contributed by atoms with Crippen LogP contribution in [0.25, 0.3) is 0 Å². The van der Waals surface area contributed by atoms with Gasteiger partial charge in [-0.3, -0.25) is 0 Å². The van der Waals surface area contributed by atoms with Crippen LogP contribution in [0.2, 0.25) is 0 Å². The van der Waals surface area contributed by atoms with Crippen LogP contribution in [0.3, 0.4) is 0 Å². The minimum absolute atomic E-state index is 0.610. The van der Waals surface area contributed by atoms with Crippen molar-refractivity contribution in [2.45, 2.75) is 39.7 Å². The lowest BCUT2D eigenvalue weighted by Gasteiger charge is -2.18. The average Bonchev–Trinajstić information content (AvgIpc) is 2.71. The number of nitrogens with one attached hydrogen (secondary N) is 1. The Morgan fingerprint density at radius 2 is 2.11 bits per heavy atom. The maximum absolute atomic E-state index is 3.67. The van der Waals surface area contributed by atoms with E-state index < -0.39 is 0 Å². The molecule has 18 heavy (non-hydrogen) atoms. The van der Waals surface area contributed by atoms with Gasteiger partial charge in [0.2, 0.25) is 0 Å². The Morgan fingerprint density at radius 3 is 2.67 bits per heavy atom. The molecule has 0 aliphatic rings. The first-order valence-corrected chi connectivity index (χ1v) is 9.43. The van der Waals surface area contributed by atoms with E-state index in [-0.39, 0.29) is 0 Å². The smallest absolute Gasteiger partial charge is 0.0701 e. The van der Waals surface area contributed by atoms with Crippen LogP contribution in [0.5, 0.6) is 0 Å². The van der Waals surface area contributed by atoms with E-state index in [1.807, 2.05) is 11.3 Å². The summed E-state index contributed by atoms with van der Waals surface area (Å²) in [4.78, 5) is 1.47. The predicted octanol–water partition coefficient (Wildman–Crippen LogP) is 4.81. The van der Waals surface area contributed by atoms with Gasteiger partial charge >= 0.3 is 0 Å². The minimum Gasteiger partial charge on any atom is -0.313 e. The number of thiophene rings is 1. The summed E-state index contributed by atoms with van der Waals surface area (Å²) in [6, 6.07) is 5.00. The van der Waals surface area contributed by atoms with Crippen molar-refractivity contribution in [3.8, 4) is 0 Å². The molecular formula is C14H24BrNS2. The number of hydrogen-bond acceptors (Lipinski definition) is 3. The van der Waals surface area contributed by atoms with Crippen LogP contribution in [0.4, 0.5) is 0 Å². The normalized spacial score (nSPS) is 13.2. The van der Waals surface area contributed by atoms with Gasteiger partial charge in [0.25, 0.3) is 0 Å². The highest BCUT2D eigenvalue weighted by atomic mass is 79.9. The van der Waals surface area contributed by atoms with Crippen LogP contribution in [0, 0.1) is 5.92 Å². The van der Waals surface area contributed by atoms with Gasteiger partial charge in [0.1, 0.15) is 0 Å². The molecule has 1 rings (SSSR count). The molecule has 0 bridgehead atoms. The largest absolute Gasteiger partial charge is 0.313 e. The van der Waals surface area contributed by atoms with E-state index in [1.54, 1.807) is 0 Å². The molecule has 1 nitrogen and oxygen atoms in total. The van der Waals surface area contributed by atoms with E-state index in [9.17, 15) is 0 Å². The molecule has 0 radical (unpaired) electrons. The quantitative estimate of drug-likeness (QED) is 0.686. The third kappa shape index (κ3) is 7.17. The van der Waals surface area contributed by atoms with Gasteiger partial charge in [-0.1, -0.05) is 20.8 Å². The van der Waals surface area contributed by atoms with Gasteiger partial charge in [-0.25, -0.2) is 0 Å². The second kappa shape index (κ2) is 9.40. The van der Waals surface area contributed by atoms with E-state index in [0.29, 0.717) is 6.04 Å². The summed E-state index contributed by atoms with van der Waals surface area (Å²) in [7, 11) is 0. The van der Waals surface area contributed by atoms with Gasteiger partial charge in [-0.15, -0.1) is 11.3 Å². The predicted molar refractivity (Wildman–Crippen MR) is 90.0 cm³/mol. The van der Waals surface area contributed by atoms with Gasteiger partial charge in [-0.05, 0) is 59.1 Å². The molecule has 0 saturated carbocycles. The maximum atomic E-state index is 3.67. The van der Waals surface area contributed by atoms with Crippen molar-refractivity contribution in [1.82, 2.24) is 5.32 Å². The molecule has 0 aliphatic carbocycles. The Bertz CT molecular complexity index is 325. The average molecular weight is 350 g/mol. The minimum atomic E-state index is 0.610. The van der Waals surface area contributed by atoms with Crippen molar-refractivity contribution >= 4 is 39.0 Å².